The fraction of sp³-hybridized carbons (Fsp3) is 0.571. The van der Waals surface area contributed by atoms with Gasteiger partial charge in [-0.25, -0.2) is 4.79 Å². The number of ether oxygens (including phenoxy) is 1. The van der Waals surface area contributed by atoms with Gasteiger partial charge in [-0.3, -0.25) is 9.69 Å². The Morgan fingerprint density at radius 1 is 1.33 bits per heavy atom. The van der Waals surface area contributed by atoms with Gasteiger partial charge >= 0.3 is 12.1 Å². The molecule has 2 aromatic rings. The molecule has 2 saturated heterocycles. The van der Waals surface area contributed by atoms with Crippen LogP contribution in [0.2, 0.25) is 0 Å². The first kappa shape index (κ1) is 24.8. The molecule has 4 rings (SSSR count). The van der Waals surface area contributed by atoms with E-state index in [2.05, 4.69) is 15.4 Å². The lowest BCUT2D eigenvalue weighted by atomic mass is 9.91. The Balaban J connectivity index is 0.000000383. The van der Waals surface area contributed by atoms with Crippen molar-refractivity contribution in [2.75, 3.05) is 13.1 Å². The predicted octanol–water partition coefficient (Wildman–Crippen LogP) is 2.81. The van der Waals surface area contributed by atoms with Gasteiger partial charge in [0.25, 0.3) is 0 Å². The van der Waals surface area contributed by atoms with Crippen LogP contribution in [0.25, 0.3) is 0 Å². The maximum absolute atomic E-state index is 12.4. The molecule has 0 spiro atoms. The molecule has 2 fully saturated rings. The Kier molecular flexibility index (Phi) is 7.80. The molecule has 33 heavy (non-hydrogen) atoms. The molecule has 0 unspecified atom stereocenters. The zero-order chi connectivity index (χ0) is 24.2. The van der Waals surface area contributed by atoms with Crippen LogP contribution < -0.4 is 5.32 Å². The Morgan fingerprint density at radius 3 is 2.64 bits per heavy atom. The minimum absolute atomic E-state index is 0.0481. The molecular formula is C21H26F3N3O6. The first-order chi connectivity index (χ1) is 15.5. The van der Waals surface area contributed by atoms with E-state index in [0.717, 1.165) is 55.3 Å². The first-order valence-corrected chi connectivity index (χ1v) is 10.4. The van der Waals surface area contributed by atoms with Gasteiger partial charge in [-0.15, -0.1) is 0 Å². The fourth-order valence-corrected chi connectivity index (χ4v) is 3.96. The number of rotatable bonds is 5. The number of nitrogens with one attached hydrogen (secondary N) is 1. The molecular weight excluding hydrogens is 447 g/mol. The number of carboxylic acids is 1. The van der Waals surface area contributed by atoms with Crippen molar-refractivity contribution in [2.24, 2.45) is 5.92 Å². The number of hydrogen-bond donors (Lipinski definition) is 2. The van der Waals surface area contributed by atoms with Gasteiger partial charge in [0.1, 0.15) is 17.6 Å². The highest BCUT2D eigenvalue weighted by molar-refractivity contribution is 5.81. The van der Waals surface area contributed by atoms with Crippen molar-refractivity contribution in [2.45, 2.75) is 58.2 Å². The minimum atomic E-state index is -5.08. The number of aromatic nitrogens is 1. The lowest BCUT2D eigenvalue weighted by Gasteiger charge is -2.33. The Morgan fingerprint density at radius 2 is 2.06 bits per heavy atom. The zero-order valence-electron chi connectivity index (χ0n) is 18.2. The van der Waals surface area contributed by atoms with E-state index < -0.39 is 12.1 Å². The van der Waals surface area contributed by atoms with E-state index >= 15 is 0 Å². The lowest BCUT2D eigenvalue weighted by molar-refractivity contribution is -0.192. The van der Waals surface area contributed by atoms with Gasteiger partial charge in [-0.05, 0) is 51.3 Å². The molecule has 182 valence electrons. The molecule has 2 aromatic heterocycles. The number of carbonyl (C=O) groups is 2. The SMILES string of the molecule is Cc1noc(C)c1CN1CC[C@H]2C[C@H](C(=O)NCc3ccco3)O[C@@H]2C1.O=C(O)C(F)(F)F. The third-order valence-corrected chi connectivity index (χ3v) is 5.75. The number of amides is 1. The van der Waals surface area contributed by atoms with E-state index in [1.54, 1.807) is 6.26 Å². The van der Waals surface area contributed by atoms with E-state index in [-0.39, 0.29) is 18.1 Å². The number of nitrogens with zero attached hydrogens (tertiary/aromatic N) is 2. The summed E-state index contributed by atoms with van der Waals surface area (Å²) in [5.41, 5.74) is 2.11. The number of carboxylic acid groups (broad SMARTS) is 1. The van der Waals surface area contributed by atoms with E-state index in [1.807, 2.05) is 26.0 Å². The number of furan rings is 1. The highest BCUT2D eigenvalue weighted by atomic mass is 19.4. The third-order valence-electron chi connectivity index (χ3n) is 5.75. The Hall–Kier alpha value is -2.86. The molecule has 3 atom stereocenters. The second-order valence-electron chi connectivity index (χ2n) is 8.09. The summed E-state index contributed by atoms with van der Waals surface area (Å²) in [5, 5.41) is 14.1. The molecule has 0 aromatic carbocycles. The number of alkyl halides is 3. The average molecular weight is 473 g/mol. The van der Waals surface area contributed by atoms with Crippen LogP contribution in [0, 0.1) is 19.8 Å². The summed E-state index contributed by atoms with van der Waals surface area (Å²) in [7, 11) is 0. The van der Waals surface area contributed by atoms with Gasteiger partial charge in [0.2, 0.25) is 5.91 Å². The largest absolute Gasteiger partial charge is 0.490 e. The summed E-state index contributed by atoms with van der Waals surface area (Å²) in [6, 6.07) is 3.66. The lowest BCUT2D eigenvalue weighted by Crippen LogP contribution is -2.42. The van der Waals surface area contributed by atoms with Gasteiger partial charge in [-0.1, -0.05) is 5.16 Å². The molecule has 0 radical (unpaired) electrons. The van der Waals surface area contributed by atoms with Crippen molar-refractivity contribution < 1.29 is 41.5 Å². The van der Waals surface area contributed by atoms with Gasteiger partial charge in [0, 0.05) is 18.7 Å². The van der Waals surface area contributed by atoms with E-state index in [4.69, 9.17) is 23.6 Å². The maximum atomic E-state index is 12.4. The standard InChI is InChI=1S/C19H25N3O4.C2HF3O2/c1-12-16(13(2)26-21-12)10-22-6-5-14-8-17(25-18(14)11-22)19(23)20-9-15-4-3-7-24-15;3-2(4,5)1(6)7/h3-4,7,14,17-18H,5-6,8-11H2,1-2H3,(H,20,23);(H,6,7)/t14-,17+,18+;/m0./s1. The number of carbonyl (C=O) groups excluding carboxylic acids is 1. The molecule has 9 nitrogen and oxygen atoms in total. The van der Waals surface area contributed by atoms with Crippen LogP contribution in [0.4, 0.5) is 13.2 Å². The molecule has 2 N–H and O–H groups in total. The summed E-state index contributed by atoms with van der Waals surface area (Å²) in [4.78, 5) is 23.7. The number of likely N-dealkylation sites (tertiary alicyclic amines) is 1. The second-order valence-corrected chi connectivity index (χ2v) is 8.09. The Bertz CT molecular complexity index is 924. The predicted molar refractivity (Wildman–Crippen MR) is 107 cm³/mol. The molecule has 2 aliphatic heterocycles. The fourth-order valence-electron chi connectivity index (χ4n) is 3.96. The number of piperidine rings is 1. The summed E-state index contributed by atoms with van der Waals surface area (Å²) < 4.78 is 48.3. The van der Waals surface area contributed by atoms with Gasteiger partial charge < -0.3 is 24.1 Å². The van der Waals surface area contributed by atoms with Crippen LogP contribution in [0.3, 0.4) is 0 Å². The van der Waals surface area contributed by atoms with Crippen molar-refractivity contribution in [3.8, 4) is 0 Å². The van der Waals surface area contributed by atoms with Crippen LogP contribution in [0.15, 0.2) is 27.3 Å². The number of halogens is 3. The second kappa shape index (κ2) is 10.4. The summed E-state index contributed by atoms with van der Waals surface area (Å²) >= 11 is 0. The van der Waals surface area contributed by atoms with E-state index in [9.17, 15) is 18.0 Å². The molecule has 4 heterocycles. The van der Waals surface area contributed by atoms with Gasteiger partial charge in [0.05, 0.1) is 24.6 Å². The van der Waals surface area contributed by atoms with Crippen LogP contribution >= 0.6 is 0 Å². The van der Waals surface area contributed by atoms with Crippen LogP contribution in [0.5, 0.6) is 0 Å². The van der Waals surface area contributed by atoms with Crippen LogP contribution in [-0.2, 0) is 27.4 Å². The number of hydrogen-bond acceptors (Lipinski definition) is 7. The summed E-state index contributed by atoms with van der Waals surface area (Å²) in [5.74, 6) is -0.720. The summed E-state index contributed by atoms with van der Waals surface area (Å²) in [6.07, 6.45) is -1.87. The maximum Gasteiger partial charge on any atom is 0.490 e. The first-order valence-electron chi connectivity index (χ1n) is 10.4. The highest BCUT2D eigenvalue weighted by Crippen LogP contribution is 2.34. The normalized spacial score (nSPS) is 22.9. The molecule has 0 saturated carbocycles. The topological polar surface area (TPSA) is 118 Å². The van der Waals surface area contributed by atoms with Gasteiger partial charge in [-0.2, -0.15) is 13.2 Å². The molecule has 0 aliphatic carbocycles. The van der Waals surface area contributed by atoms with Crippen LogP contribution in [-0.4, -0.2) is 58.5 Å². The molecule has 1 amide bonds. The smallest absolute Gasteiger partial charge is 0.475 e. The number of aliphatic carboxylic acids is 1. The zero-order valence-corrected chi connectivity index (χ0v) is 18.2. The van der Waals surface area contributed by atoms with E-state index in [0.29, 0.717) is 12.5 Å². The monoisotopic (exact) mass is 473 g/mol. The number of fused-ring (bicyclic) bond motifs is 1. The molecule has 12 heteroatoms. The van der Waals surface area contributed by atoms with E-state index in [1.165, 1.54) is 0 Å². The average Bonchev–Trinajstić information content (AvgIpc) is 3.48. The highest BCUT2D eigenvalue weighted by Gasteiger charge is 2.42. The van der Waals surface area contributed by atoms with Crippen LogP contribution in [0.1, 0.15) is 35.6 Å². The van der Waals surface area contributed by atoms with Gasteiger partial charge in [0.15, 0.2) is 0 Å². The number of aryl methyl sites for hydroxylation is 2. The summed E-state index contributed by atoms with van der Waals surface area (Å²) in [6.45, 7) is 7.01. The molecule has 0 bridgehead atoms. The van der Waals surface area contributed by atoms with Crippen molar-refractivity contribution in [3.63, 3.8) is 0 Å². The van der Waals surface area contributed by atoms with Crippen molar-refractivity contribution in [1.29, 1.82) is 0 Å². The van der Waals surface area contributed by atoms with Crippen molar-refractivity contribution >= 4 is 11.9 Å². The minimum Gasteiger partial charge on any atom is -0.475 e. The quantitative estimate of drug-likeness (QED) is 0.681. The third kappa shape index (κ3) is 6.57. The Labute approximate surface area is 187 Å². The van der Waals surface area contributed by atoms with Crippen molar-refractivity contribution in [1.82, 2.24) is 15.4 Å². The molecule has 2 aliphatic rings. The van der Waals surface area contributed by atoms with Crippen molar-refractivity contribution in [3.05, 3.63) is 41.2 Å².